The zero-order valence-corrected chi connectivity index (χ0v) is 26.3. The number of nitrogens with one attached hydrogen (secondary N) is 1. The van der Waals surface area contributed by atoms with Crippen LogP contribution in [-0.4, -0.2) is 15.8 Å². The average molecular weight is 628 g/mol. The van der Waals surface area contributed by atoms with Crippen LogP contribution in [0.1, 0.15) is 75.7 Å². The van der Waals surface area contributed by atoms with Gasteiger partial charge >= 0.3 is 6.18 Å². The molecule has 8 heteroatoms. The van der Waals surface area contributed by atoms with Crippen molar-refractivity contribution in [1.82, 2.24) is 15.2 Å². The van der Waals surface area contributed by atoms with Gasteiger partial charge in [0.2, 0.25) is 0 Å². The zero-order valence-electron chi connectivity index (χ0n) is 25.5. The molecule has 5 aromatic rings. The number of aromatic nitrogens is 1. The molecule has 0 saturated carbocycles. The third kappa shape index (κ3) is 8.68. The largest absolute Gasteiger partial charge is 0.416 e. The molecule has 0 aliphatic heterocycles. The molecule has 1 aromatic heterocycles. The van der Waals surface area contributed by atoms with E-state index in [1.807, 2.05) is 60.7 Å². The van der Waals surface area contributed by atoms with E-state index in [1.54, 1.807) is 11.4 Å². The van der Waals surface area contributed by atoms with Crippen molar-refractivity contribution in [1.29, 1.82) is 0 Å². The molecule has 0 spiro atoms. The van der Waals surface area contributed by atoms with Crippen molar-refractivity contribution < 1.29 is 18.0 Å². The summed E-state index contributed by atoms with van der Waals surface area (Å²) in [6, 6.07) is 32.9. The van der Waals surface area contributed by atoms with Crippen molar-refractivity contribution in [3.05, 3.63) is 159 Å². The zero-order chi connectivity index (χ0) is 32.0. The Morgan fingerprint density at radius 1 is 0.756 bits per heavy atom. The van der Waals surface area contributed by atoms with Crippen LogP contribution in [0, 0.1) is 0 Å². The lowest BCUT2D eigenvalue weighted by Crippen LogP contribution is -2.29. The summed E-state index contributed by atoms with van der Waals surface area (Å²) in [7, 11) is 0. The molecule has 0 bridgehead atoms. The fraction of sp³-hybridized carbons (Fsp3) is 0.243. The fourth-order valence-corrected chi connectivity index (χ4v) is 5.99. The second-order valence-electron chi connectivity index (χ2n) is 12.1. The number of amides is 1. The van der Waals surface area contributed by atoms with Gasteiger partial charge in [0.1, 0.15) is 10.7 Å². The smallest absolute Gasteiger partial charge is 0.340 e. The van der Waals surface area contributed by atoms with E-state index in [1.165, 1.54) is 29.0 Å². The van der Waals surface area contributed by atoms with Crippen molar-refractivity contribution in [3.8, 4) is 0 Å². The van der Waals surface area contributed by atoms with E-state index < -0.39 is 11.7 Å². The van der Waals surface area contributed by atoms with Crippen LogP contribution < -0.4 is 5.32 Å². The van der Waals surface area contributed by atoms with Gasteiger partial charge < -0.3 is 5.32 Å². The molecule has 1 N–H and O–H groups in total. The van der Waals surface area contributed by atoms with Crippen LogP contribution >= 0.6 is 11.3 Å². The molecule has 5 rings (SSSR count). The van der Waals surface area contributed by atoms with Crippen molar-refractivity contribution >= 4 is 17.2 Å². The maximum Gasteiger partial charge on any atom is 0.416 e. The molecule has 4 nitrogen and oxygen atoms in total. The van der Waals surface area contributed by atoms with Crippen molar-refractivity contribution in [2.75, 3.05) is 0 Å². The van der Waals surface area contributed by atoms with Crippen LogP contribution in [0.25, 0.3) is 0 Å². The molecular weight excluding hydrogens is 591 g/mol. The first-order chi connectivity index (χ1) is 21.5. The van der Waals surface area contributed by atoms with Crippen molar-refractivity contribution in [2.45, 2.75) is 58.0 Å². The maximum absolute atomic E-state index is 13.5. The molecule has 45 heavy (non-hydrogen) atoms. The highest BCUT2D eigenvalue weighted by atomic mass is 32.1. The summed E-state index contributed by atoms with van der Waals surface area (Å²) in [5.74, 6) is -0.294. The standard InChI is InChI=1S/C37H36F3N3OS/c1-36(2,3)30-19-17-26(18-20-30)22-43(23-27-11-10-16-31(21-27)37(38,39)40)24-33-41-32(25-45-33)35(44)42-34(28-12-6-4-7-13-28)29-14-8-5-9-15-29/h4-21,25,34H,22-24H2,1-3H3,(H,42,44). The minimum atomic E-state index is -4.42. The van der Waals surface area contributed by atoms with Crippen molar-refractivity contribution in [3.63, 3.8) is 0 Å². The van der Waals surface area contributed by atoms with Gasteiger partial charge in [-0.2, -0.15) is 13.2 Å². The summed E-state index contributed by atoms with van der Waals surface area (Å²) in [5, 5.41) is 5.57. The van der Waals surface area contributed by atoms with E-state index >= 15 is 0 Å². The second-order valence-corrected chi connectivity index (χ2v) is 13.1. The Morgan fingerprint density at radius 2 is 1.36 bits per heavy atom. The van der Waals surface area contributed by atoms with E-state index in [0.29, 0.717) is 29.4 Å². The van der Waals surface area contributed by atoms with Crippen LogP contribution in [0.4, 0.5) is 13.2 Å². The Kier molecular flexibility index (Phi) is 9.85. The van der Waals surface area contributed by atoms with Crippen LogP contribution in [0.5, 0.6) is 0 Å². The predicted octanol–water partition coefficient (Wildman–Crippen LogP) is 9.18. The molecule has 0 aliphatic rings. The monoisotopic (exact) mass is 627 g/mol. The Labute approximate surface area is 266 Å². The average Bonchev–Trinajstić information content (AvgIpc) is 3.49. The summed E-state index contributed by atoms with van der Waals surface area (Å²) >= 11 is 1.37. The van der Waals surface area contributed by atoms with Gasteiger partial charge in [0, 0.05) is 18.5 Å². The number of nitrogens with zero attached hydrogens (tertiary/aromatic N) is 2. The number of carbonyl (C=O) groups is 1. The van der Waals surface area contributed by atoms with Crippen LogP contribution in [-0.2, 0) is 31.2 Å². The molecule has 1 amide bonds. The predicted molar refractivity (Wildman–Crippen MR) is 174 cm³/mol. The molecule has 0 unspecified atom stereocenters. The van der Waals surface area contributed by atoms with Gasteiger partial charge in [-0.05, 0) is 39.3 Å². The molecule has 0 aliphatic carbocycles. The molecule has 232 valence electrons. The number of halogens is 3. The highest BCUT2D eigenvalue weighted by Crippen LogP contribution is 2.30. The summed E-state index contributed by atoms with van der Waals surface area (Å²) in [6.45, 7) is 7.62. The number of alkyl halides is 3. The molecule has 0 radical (unpaired) electrons. The highest BCUT2D eigenvalue weighted by molar-refractivity contribution is 7.09. The summed E-state index contributed by atoms with van der Waals surface area (Å²) < 4.78 is 40.4. The van der Waals surface area contributed by atoms with Gasteiger partial charge in [-0.15, -0.1) is 11.3 Å². The van der Waals surface area contributed by atoms with E-state index in [2.05, 4.69) is 60.2 Å². The lowest BCUT2D eigenvalue weighted by Gasteiger charge is -2.23. The van der Waals surface area contributed by atoms with Gasteiger partial charge in [-0.1, -0.05) is 124 Å². The van der Waals surface area contributed by atoms with Gasteiger partial charge in [-0.25, -0.2) is 4.98 Å². The third-order valence-electron chi connectivity index (χ3n) is 7.57. The molecular formula is C37H36F3N3OS. The minimum absolute atomic E-state index is 0.00808. The summed E-state index contributed by atoms with van der Waals surface area (Å²) in [4.78, 5) is 20.2. The number of benzene rings is 4. The SMILES string of the molecule is CC(C)(C)c1ccc(CN(Cc2cccc(C(F)(F)F)c2)Cc2nc(C(=O)NC(c3ccccc3)c3ccccc3)cs2)cc1. The number of hydrogen-bond donors (Lipinski definition) is 1. The molecule has 0 atom stereocenters. The number of rotatable bonds is 10. The van der Waals surface area contributed by atoms with Crippen molar-refractivity contribution in [2.24, 2.45) is 0 Å². The van der Waals surface area contributed by atoms with E-state index in [0.717, 1.165) is 22.8 Å². The minimum Gasteiger partial charge on any atom is -0.340 e. The number of carbonyl (C=O) groups excluding carboxylic acids is 1. The maximum atomic E-state index is 13.5. The quantitative estimate of drug-likeness (QED) is 0.168. The lowest BCUT2D eigenvalue weighted by molar-refractivity contribution is -0.137. The van der Waals surface area contributed by atoms with E-state index in [-0.39, 0.29) is 23.9 Å². The first kappa shape index (κ1) is 32.1. The summed E-state index contributed by atoms with van der Waals surface area (Å²) in [5.41, 5.74) is 4.35. The van der Waals surface area contributed by atoms with Crippen LogP contribution in [0.2, 0.25) is 0 Å². The topological polar surface area (TPSA) is 45.2 Å². The van der Waals surface area contributed by atoms with Crippen LogP contribution in [0.3, 0.4) is 0 Å². The van der Waals surface area contributed by atoms with Gasteiger partial charge in [0.25, 0.3) is 5.91 Å². The Balaban J connectivity index is 1.36. The summed E-state index contributed by atoms with van der Waals surface area (Å²) in [6.07, 6.45) is -4.42. The Morgan fingerprint density at radius 3 is 1.93 bits per heavy atom. The third-order valence-corrected chi connectivity index (χ3v) is 8.40. The molecule has 0 saturated heterocycles. The van der Waals surface area contributed by atoms with E-state index in [9.17, 15) is 18.0 Å². The van der Waals surface area contributed by atoms with Gasteiger partial charge in [0.15, 0.2) is 0 Å². The number of thiazole rings is 1. The molecule has 4 aromatic carbocycles. The second kappa shape index (κ2) is 13.8. The highest BCUT2D eigenvalue weighted by Gasteiger charge is 2.30. The van der Waals surface area contributed by atoms with Crippen LogP contribution in [0.15, 0.2) is 115 Å². The van der Waals surface area contributed by atoms with Gasteiger partial charge in [-0.3, -0.25) is 9.69 Å². The van der Waals surface area contributed by atoms with E-state index in [4.69, 9.17) is 0 Å². The fourth-order valence-electron chi connectivity index (χ4n) is 5.17. The van der Waals surface area contributed by atoms with Gasteiger partial charge in [0.05, 0.1) is 18.2 Å². The molecule has 0 fully saturated rings. The molecule has 1 heterocycles. The first-order valence-electron chi connectivity index (χ1n) is 14.8. The lowest BCUT2D eigenvalue weighted by atomic mass is 9.87. The normalized spacial score (nSPS) is 12.1. The first-order valence-corrected chi connectivity index (χ1v) is 15.7. The Bertz CT molecular complexity index is 1660. The number of hydrogen-bond acceptors (Lipinski definition) is 4. The Hall–Kier alpha value is -4.27.